The van der Waals surface area contributed by atoms with Gasteiger partial charge in [-0.3, -0.25) is 0 Å². The number of hydrogen-bond acceptors (Lipinski definition) is 5. The van der Waals surface area contributed by atoms with Crippen LogP contribution in [-0.4, -0.2) is 19.0 Å². The number of carbonyl (C=O) groups is 1. The zero-order valence-corrected chi connectivity index (χ0v) is 17.8. The van der Waals surface area contributed by atoms with Crippen molar-refractivity contribution in [1.82, 2.24) is 0 Å². The molecule has 0 spiro atoms. The summed E-state index contributed by atoms with van der Waals surface area (Å²) in [6.45, 7) is 0.410. The third-order valence-electron chi connectivity index (χ3n) is 4.42. The molecule has 3 aromatic rings. The van der Waals surface area contributed by atoms with Crippen LogP contribution >= 0.6 is 15.9 Å². The van der Waals surface area contributed by atoms with E-state index in [1.54, 1.807) is 19.3 Å². The van der Waals surface area contributed by atoms with E-state index in [9.17, 15) is 4.79 Å². The smallest absolute Gasteiger partial charge is 0.363 e. The summed E-state index contributed by atoms with van der Waals surface area (Å²) in [4.78, 5) is 16.6. The van der Waals surface area contributed by atoms with E-state index >= 15 is 0 Å². The number of cyclic esters (lactones) is 1. The summed E-state index contributed by atoms with van der Waals surface area (Å²) in [5.74, 6) is 0.936. The molecule has 30 heavy (non-hydrogen) atoms. The van der Waals surface area contributed by atoms with Crippen molar-refractivity contribution in [2.45, 2.75) is 6.61 Å². The third kappa shape index (κ3) is 4.44. The Hall–Kier alpha value is -3.38. The monoisotopic (exact) mass is 463 g/mol. The Bertz CT molecular complexity index is 1120. The van der Waals surface area contributed by atoms with E-state index in [0.717, 1.165) is 16.7 Å². The second-order valence-corrected chi connectivity index (χ2v) is 7.36. The predicted octanol–water partition coefficient (Wildman–Crippen LogP) is 5.38. The quantitative estimate of drug-likeness (QED) is 0.363. The zero-order valence-electron chi connectivity index (χ0n) is 16.2. The van der Waals surface area contributed by atoms with Gasteiger partial charge < -0.3 is 14.2 Å². The molecule has 150 valence electrons. The fourth-order valence-corrected chi connectivity index (χ4v) is 3.54. The van der Waals surface area contributed by atoms with Gasteiger partial charge in [-0.25, -0.2) is 9.79 Å². The highest BCUT2D eigenvalue weighted by Crippen LogP contribution is 2.38. The van der Waals surface area contributed by atoms with Crippen molar-refractivity contribution in [3.8, 4) is 11.5 Å². The normalized spacial score (nSPS) is 14.4. The van der Waals surface area contributed by atoms with Gasteiger partial charge in [-0.15, -0.1) is 0 Å². The third-order valence-corrected chi connectivity index (χ3v) is 5.01. The van der Waals surface area contributed by atoms with Crippen LogP contribution < -0.4 is 9.47 Å². The lowest BCUT2D eigenvalue weighted by molar-refractivity contribution is -0.129. The van der Waals surface area contributed by atoms with E-state index in [-0.39, 0.29) is 5.70 Å². The highest BCUT2D eigenvalue weighted by Gasteiger charge is 2.24. The summed E-state index contributed by atoms with van der Waals surface area (Å²) in [7, 11) is 1.57. The Balaban J connectivity index is 1.60. The maximum atomic E-state index is 12.3. The molecule has 6 heteroatoms. The molecule has 0 aromatic heterocycles. The molecule has 3 aromatic carbocycles. The topological polar surface area (TPSA) is 57.1 Å². The lowest BCUT2D eigenvalue weighted by atomic mass is 10.1. The van der Waals surface area contributed by atoms with Gasteiger partial charge in [0, 0.05) is 5.56 Å². The highest BCUT2D eigenvalue weighted by atomic mass is 79.9. The molecule has 0 fully saturated rings. The molecule has 0 saturated heterocycles. The summed E-state index contributed by atoms with van der Waals surface area (Å²) in [5.41, 5.74) is 2.75. The van der Waals surface area contributed by atoms with Gasteiger partial charge in [0.1, 0.15) is 6.61 Å². The molecule has 5 nitrogen and oxygen atoms in total. The molecule has 0 bridgehead atoms. The SMILES string of the molecule is COc1cc(/C=C2/N=C(c3ccccc3)OC2=O)cc(Br)c1OCc1ccccc1. The molecule has 1 heterocycles. The van der Waals surface area contributed by atoms with Gasteiger partial charge in [-0.05, 0) is 57.4 Å². The number of benzene rings is 3. The van der Waals surface area contributed by atoms with Crippen LogP contribution in [0.1, 0.15) is 16.7 Å². The summed E-state index contributed by atoms with van der Waals surface area (Å²) in [6, 6.07) is 22.8. The first kappa shape index (κ1) is 19.9. The van der Waals surface area contributed by atoms with Crippen molar-refractivity contribution in [2.24, 2.45) is 4.99 Å². The van der Waals surface area contributed by atoms with Crippen LogP contribution in [0.3, 0.4) is 0 Å². The van der Waals surface area contributed by atoms with Gasteiger partial charge in [-0.1, -0.05) is 48.5 Å². The fourth-order valence-electron chi connectivity index (χ4n) is 2.96. The maximum absolute atomic E-state index is 12.3. The molecule has 0 saturated carbocycles. The van der Waals surface area contributed by atoms with Crippen molar-refractivity contribution >= 4 is 33.9 Å². The Morgan fingerprint density at radius 1 is 1.03 bits per heavy atom. The van der Waals surface area contributed by atoms with E-state index in [1.807, 2.05) is 66.7 Å². The first-order chi connectivity index (χ1) is 14.6. The van der Waals surface area contributed by atoms with Crippen molar-refractivity contribution in [1.29, 1.82) is 0 Å². The second-order valence-electron chi connectivity index (χ2n) is 6.51. The van der Waals surface area contributed by atoms with Gasteiger partial charge >= 0.3 is 5.97 Å². The molecule has 1 aliphatic rings. The fraction of sp³-hybridized carbons (Fsp3) is 0.0833. The summed E-state index contributed by atoms with van der Waals surface area (Å²) in [5, 5.41) is 0. The average Bonchev–Trinajstić information content (AvgIpc) is 3.14. The molecule has 0 unspecified atom stereocenters. The van der Waals surface area contributed by atoms with Crippen LogP contribution in [0.2, 0.25) is 0 Å². The van der Waals surface area contributed by atoms with Crippen LogP contribution in [0.25, 0.3) is 6.08 Å². The van der Waals surface area contributed by atoms with E-state index in [1.165, 1.54) is 0 Å². The summed E-state index contributed by atoms with van der Waals surface area (Å²) >= 11 is 3.54. The largest absolute Gasteiger partial charge is 0.493 e. The molecule has 0 radical (unpaired) electrons. The second kappa shape index (κ2) is 8.97. The summed E-state index contributed by atoms with van der Waals surface area (Å²) < 4.78 is 17.5. The van der Waals surface area contributed by atoms with E-state index in [2.05, 4.69) is 20.9 Å². The molecule has 0 amide bonds. The van der Waals surface area contributed by atoms with Gasteiger partial charge in [0.05, 0.1) is 11.6 Å². The number of hydrogen-bond donors (Lipinski definition) is 0. The molecule has 4 rings (SSSR count). The Morgan fingerprint density at radius 2 is 1.73 bits per heavy atom. The number of carbonyl (C=O) groups excluding carboxylic acids is 1. The van der Waals surface area contributed by atoms with Crippen LogP contribution in [-0.2, 0) is 16.1 Å². The lowest BCUT2D eigenvalue weighted by Crippen LogP contribution is -2.05. The Morgan fingerprint density at radius 3 is 2.43 bits per heavy atom. The van der Waals surface area contributed by atoms with Crippen LogP contribution in [0.4, 0.5) is 0 Å². The van der Waals surface area contributed by atoms with Gasteiger partial charge in [0.2, 0.25) is 5.90 Å². The minimum Gasteiger partial charge on any atom is -0.493 e. The van der Waals surface area contributed by atoms with E-state index in [0.29, 0.717) is 28.5 Å². The van der Waals surface area contributed by atoms with E-state index in [4.69, 9.17) is 14.2 Å². The van der Waals surface area contributed by atoms with Crippen LogP contribution in [0.15, 0.2) is 88.0 Å². The van der Waals surface area contributed by atoms with Crippen molar-refractivity contribution in [2.75, 3.05) is 7.11 Å². The molecular weight excluding hydrogens is 446 g/mol. The number of esters is 1. The number of halogens is 1. The minimum absolute atomic E-state index is 0.223. The number of nitrogens with zero attached hydrogens (tertiary/aromatic N) is 1. The van der Waals surface area contributed by atoms with Crippen LogP contribution in [0, 0.1) is 0 Å². The van der Waals surface area contributed by atoms with Crippen molar-refractivity contribution in [3.05, 3.63) is 99.7 Å². The Kier molecular flexibility index (Phi) is 5.95. The summed E-state index contributed by atoms with van der Waals surface area (Å²) in [6.07, 6.45) is 1.66. The van der Waals surface area contributed by atoms with Crippen molar-refractivity contribution < 1.29 is 19.0 Å². The standard InChI is InChI=1S/C24H18BrNO4/c1-28-21-14-17(12-19(25)22(21)29-15-16-8-4-2-5-9-16)13-20-24(27)30-23(26-20)18-10-6-3-7-11-18/h2-14H,15H2,1H3/b20-13+. The molecular formula is C24H18BrNO4. The number of methoxy groups -OCH3 is 1. The molecule has 0 N–H and O–H groups in total. The molecule has 0 aliphatic carbocycles. The molecule has 1 aliphatic heterocycles. The number of ether oxygens (including phenoxy) is 3. The zero-order chi connectivity index (χ0) is 20.9. The minimum atomic E-state index is -0.492. The van der Waals surface area contributed by atoms with Gasteiger partial charge in [0.15, 0.2) is 17.2 Å². The Labute approximate surface area is 182 Å². The first-order valence-corrected chi connectivity index (χ1v) is 10.1. The van der Waals surface area contributed by atoms with E-state index < -0.39 is 5.97 Å². The number of rotatable bonds is 6. The van der Waals surface area contributed by atoms with Crippen molar-refractivity contribution in [3.63, 3.8) is 0 Å². The number of aliphatic imine (C=N–C) groups is 1. The average molecular weight is 464 g/mol. The molecule has 0 atom stereocenters. The van der Waals surface area contributed by atoms with Gasteiger partial charge in [-0.2, -0.15) is 0 Å². The highest BCUT2D eigenvalue weighted by molar-refractivity contribution is 9.10. The maximum Gasteiger partial charge on any atom is 0.363 e. The van der Waals surface area contributed by atoms with Crippen LogP contribution in [0.5, 0.6) is 11.5 Å². The first-order valence-electron chi connectivity index (χ1n) is 9.26. The predicted molar refractivity (Wildman–Crippen MR) is 119 cm³/mol. The van der Waals surface area contributed by atoms with Gasteiger partial charge in [0.25, 0.3) is 0 Å². The lowest BCUT2D eigenvalue weighted by Gasteiger charge is -2.13.